The Kier molecular flexibility index (Phi) is 6.55. The Morgan fingerprint density at radius 1 is 1.28 bits per heavy atom. The third-order valence-corrected chi connectivity index (χ3v) is 8.42. The zero-order valence-corrected chi connectivity index (χ0v) is 20.0. The van der Waals surface area contributed by atoms with Crippen LogP contribution in [0, 0.1) is 0 Å². The molecule has 2 aromatic heterocycles. The number of aryl methyl sites for hydroxylation is 2. The van der Waals surface area contributed by atoms with Crippen molar-refractivity contribution in [2.24, 2.45) is 0 Å². The molecular weight excluding hydrogens is 466 g/mol. The molecule has 2 aliphatic rings. The van der Waals surface area contributed by atoms with Gasteiger partial charge in [0.2, 0.25) is 5.91 Å². The lowest BCUT2D eigenvalue weighted by atomic mass is 9.97. The number of carbonyl (C=O) groups excluding carboxylic acids is 1. The van der Waals surface area contributed by atoms with E-state index in [4.69, 9.17) is 21.3 Å². The first-order valence-electron chi connectivity index (χ1n) is 10.9. The fourth-order valence-electron chi connectivity index (χ4n) is 4.36. The van der Waals surface area contributed by atoms with Crippen LogP contribution in [0.4, 0.5) is 5.69 Å². The summed E-state index contributed by atoms with van der Waals surface area (Å²) in [7, 11) is 0. The predicted molar refractivity (Wildman–Crippen MR) is 130 cm³/mol. The van der Waals surface area contributed by atoms with E-state index in [1.54, 1.807) is 28.0 Å². The summed E-state index contributed by atoms with van der Waals surface area (Å²) in [5, 5.41) is 4.67. The standard InChI is InChI=1S/C23H24ClN3O3S2/c24-16-8-2-3-9-17(16)25-19(28)13-31-23-26-21-20(15-7-1-4-10-18(15)32-21)22(29)27(23)12-14-6-5-11-30-14/h2-3,8-9,14H,1,4-7,10-13H2,(H,25,28). The molecule has 32 heavy (non-hydrogen) atoms. The van der Waals surface area contributed by atoms with Crippen LogP contribution in [0.1, 0.15) is 36.1 Å². The van der Waals surface area contributed by atoms with Crippen molar-refractivity contribution in [3.8, 4) is 0 Å². The second kappa shape index (κ2) is 9.55. The molecule has 1 N–H and O–H groups in total. The van der Waals surface area contributed by atoms with Gasteiger partial charge in [0.1, 0.15) is 4.83 Å². The Morgan fingerprint density at radius 2 is 2.12 bits per heavy atom. The van der Waals surface area contributed by atoms with Crippen molar-refractivity contribution < 1.29 is 9.53 Å². The van der Waals surface area contributed by atoms with Gasteiger partial charge >= 0.3 is 0 Å². The van der Waals surface area contributed by atoms with Crippen LogP contribution in [0.5, 0.6) is 0 Å². The van der Waals surface area contributed by atoms with Crippen LogP contribution in [-0.2, 0) is 28.9 Å². The average Bonchev–Trinajstić information content (AvgIpc) is 3.43. The van der Waals surface area contributed by atoms with Gasteiger partial charge in [0, 0.05) is 11.5 Å². The Morgan fingerprint density at radius 3 is 2.94 bits per heavy atom. The van der Waals surface area contributed by atoms with Crippen LogP contribution in [0.3, 0.4) is 0 Å². The number of hydrogen-bond donors (Lipinski definition) is 1. The summed E-state index contributed by atoms with van der Waals surface area (Å²) in [4.78, 5) is 33.1. The highest BCUT2D eigenvalue weighted by Gasteiger charge is 2.25. The summed E-state index contributed by atoms with van der Waals surface area (Å²) in [5.41, 5.74) is 1.76. The molecule has 9 heteroatoms. The fourth-order valence-corrected chi connectivity index (χ4v) is 6.66. The lowest BCUT2D eigenvalue weighted by Crippen LogP contribution is -2.29. The number of aromatic nitrogens is 2. The minimum absolute atomic E-state index is 0.00101. The summed E-state index contributed by atoms with van der Waals surface area (Å²) in [6.45, 7) is 1.20. The van der Waals surface area contributed by atoms with Crippen LogP contribution < -0.4 is 10.9 Å². The van der Waals surface area contributed by atoms with Crippen molar-refractivity contribution in [3.63, 3.8) is 0 Å². The zero-order chi connectivity index (χ0) is 22.1. The number of para-hydroxylation sites is 1. The third kappa shape index (κ3) is 4.46. The molecule has 1 aliphatic heterocycles. The number of ether oxygens (including phenoxy) is 1. The summed E-state index contributed by atoms with van der Waals surface area (Å²) in [6, 6.07) is 7.13. The van der Waals surface area contributed by atoms with E-state index in [1.807, 2.05) is 12.1 Å². The fraction of sp³-hybridized carbons (Fsp3) is 0.435. The number of rotatable bonds is 6. The quantitative estimate of drug-likeness (QED) is 0.394. The van der Waals surface area contributed by atoms with Gasteiger partial charge in [-0.05, 0) is 56.2 Å². The van der Waals surface area contributed by atoms with Crippen molar-refractivity contribution in [2.45, 2.75) is 56.3 Å². The number of amides is 1. The van der Waals surface area contributed by atoms with E-state index in [0.29, 0.717) is 22.4 Å². The smallest absolute Gasteiger partial charge is 0.263 e. The van der Waals surface area contributed by atoms with Crippen molar-refractivity contribution in [1.82, 2.24) is 9.55 Å². The molecule has 1 aromatic carbocycles. The molecule has 1 fully saturated rings. The summed E-state index contributed by atoms with van der Waals surface area (Å²) in [6.07, 6.45) is 6.19. The first-order chi connectivity index (χ1) is 15.6. The molecule has 1 aliphatic carbocycles. The Balaban J connectivity index is 1.44. The van der Waals surface area contributed by atoms with Crippen molar-refractivity contribution >= 4 is 56.5 Å². The maximum Gasteiger partial charge on any atom is 0.263 e. The molecule has 1 amide bonds. The van der Waals surface area contributed by atoms with E-state index in [2.05, 4.69) is 5.32 Å². The number of benzene rings is 1. The van der Waals surface area contributed by atoms with Crippen LogP contribution in [0.25, 0.3) is 10.2 Å². The second-order valence-corrected chi connectivity index (χ2v) is 10.6. The van der Waals surface area contributed by atoms with Gasteiger partial charge in [-0.15, -0.1) is 11.3 Å². The molecule has 5 rings (SSSR count). The summed E-state index contributed by atoms with van der Waals surface area (Å²) >= 11 is 9.07. The van der Waals surface area contributed by atoms with Crippen LogP contribution >= 0.6 is 34.7 Å². The maximum absolute atomic E-state index is 13.6. The third-order valence-electron chi connectivity index (χ3n) is 5.93. The van der Waals surface area contributed by atoms with Gasteiger partial charge in [-0.2, -0.15) is 0 Å². The molecule has 0 bridgehead atoms. The largest absolute Gasteiger partial charge is 0.376 e. The number of nitrogens with zero attached hydrogens (tertiary/aromatic N) is 2. The van der Waals surface area contributed by atoms with Gasteiger partial charge in [0.25, 0.3) is 5.56 Å². The highest BCUT2D eigenvalue weighted by molar-refractivity contribution is 7.99. The van der Waals surface area contributed by atoms with Crippen LogP contribution in [0.15, 0.2) is 34.2 Å². The topological polar surface area (TPSA) is 73.2 Å². The molecule has 168 valence electrons. The number of carbonyl (C=O) groups is 1. The molecule has 0 spiro atoms. The highest BCUT2D eigenvalue weighted by Crippen LogP contribution is 2.35. The first kappa shape index (κ1) is 21.9. The summed E-state index contributed by atoms with van der Waals surface area (Å²) < 4.78 is 7.53. The van der Waals surface area contributed by atoms with E-state index < -0.39 is 0 Å². The Bertz CT molecular complexity index is 1220. The van der Waals surface area contributed by atoms with Gasteiger partial charge in [0.05, 0.1) is 34.5 Å². The Labute approximate surface area is 199 Å². The van der Waals surface area contributed by atoms with E-state index in [9.17, 15) is 9.59 Å². The molecule has 3 heterocycles. The van der Waals surface area contributed by atoms with Gasteiger partial charge in [-0.25, -0.2) is 4.98 Å². The van der Waals surface area contributed by atoms with E-state index in [1.165, 1.54) is 22.2 Å². The van der Waals surface area contributed by atoms with Gasteiger partial charge in [-0.3, -0.25) is 14.2 Å². The Hall–Kier alpha value is -1.87. The van der Waals surface area contributed by atoms with E-state index >= 15 is 0 Å². The number of hydrogen-bond acceptors (Lipinski definition) is 6. The van der Waals surface area contributed by atoms with Gasteiger partial charge in [-0.1, -0.05) is 35.5 Å². The molecule has 1 unspecified atom stereocenters. The normalized spacial score (nSPS) is 18.1. The van der Waals surface area contributed by atoms with Crippen molar-refractivity contribution in [1.29, 1.82) is 0 Å². The van der Waals surface area contributed by atoms with Crippen molar-refractivity contribution in [3.05, 3.63) is 50.1 Å². The lowest BCUT2D eigenvalue weighted by molar-refractivity contribution is -0.113. The molecule has 1 saturated heterocycles. The number of halogens is 1. The molecule has 3 aromatic rings. The highest BCUT2D eigenvalue weighted by atomic mass is 35.5. The molecule has 0 saturated carbocycles. The molecular formula is C23H24ClN3O3S2. The van der Waals surface area contributed by atoms with E-state index in [0.717, 1.165) is 55.3 Å². The number of thiophene rings is 1. The molecule has 1 atom stereocenters. The number of thioether (sulfide) groups is 1. The minimum Gasteiger partial charge on any atom is -0.376 e. The molecule has 6 nitrogen and oxygen atoms in total. The van der Waals surface area contributed by atoms with E-state index in [-0.39, 0.29) is 23.3 Å². The monoisotopic (exact) mass is 489 g/mol. The lowest BCUT2D eigenvalue weighted by Gasteiger charge is -2.16. The van der Waals surface area contributed by atoms with Crippen molar-refractivity contribution in [2.75, 3.05) is 17.7 Å². The average molecular weight is 490 g/mol. The number of anilines is 1. The maximum atomic E-state index is 13.6. The zero-order valence-electron chi connectivity index (χ0n) is 17.6. The first-order valence-corrected chi connectivity index (χ1v) is 13.1. The van der Waals surface area contributed by atoms with Crippen LogP contribution in [0.2, 0.25) is 5.02 Å². The predicted octanol–water partition coefficient (Wildman–Crippen LogP) is 4.90. The summed E-state index contributed by atoms with van der Waals surface area (Å²) in [5.74, 6) is -0.0497. The number of fused-ring (bicyclic) bond motifs is 3. The molecule has 0 radical (unpaired) electrons. The second-order valence-electron chi connectivity index (χ2n) is 8.15. The van der Waals surface area contributed by atoms with Gasteiger partial charge < -0.3 is 10.1 Å². The van der Waals surface area contributed by atoms with Crippen LogP contribution in [-0.4, -0.2) is 33.9 Å². The SMILES string of the molecule is O=C(CSc1nc2sc3c(c2c(=O)n1CC1CCCO1)CCCC3)Nc1ccccc1Cl. The minimum atomic E-state index is -0.188. The number of nitrogens with one attached hydrogen (secondary N) is 1. The van der Waals surface area contributed by atoms with Gasteiger partial charge in [0.15, 0.2) is 5.16 Å².